The predicted octanol–water partition coefficient (Wildman–Crippen LogP) is 16.5. The van der Waals surface area contributed by atoms with Crippen LogP contribution in [0.1, 0.15) is 49.9 Å². The minimum atomic E-state index is -1.49. The SMILES string of the molecule is CC1(C)c2c(-c3nc(-c4ccccc4)nc(-c4ccccc4)n3)cccc2-c2ccc3c(oc4ccccc43)c21.CC1(C)c2c(B(O)O)cccc2-c2ccc3c(oc4ccccc43)c21.Clc1nc(-c2ccccc2)nc(-c2ccccc2)n1. The second-order valence-corrected chi connectivity index (χ2v) is 22.4. The number of nitrogens with zero attached hydrogens (tertiary/aromatic N) is 6. The van der Waals surface area contributed by atoms with Crippen molar-refractivity contribution in [2.75, 3.05) is 0 Å². The van der Waals surface area contributed by atoms with Crippen molar-refractivity contribution in [1.29, 1.82) is 0 Å². The molecule has 0 amide bonds. The second-order valence-electron chi connectivity index (χ2n) is 22.1. The number of hydrogen-bond donors (Lipinski definition) is 2. The fourth-order valence-corrected chi connectivity index (χ4v) is 12.7. The maximum Gasteiger partial charge on any atom is 0.488 e. The molecule has 0 fully saturated rings. The number of furan rings is 2. The lowest BCUT2D eigenvalue weighted by Crippen LogP contribution is -2.37. The number of aromatic nitrogens is 6. The fraction of sp³-hybridized carbons (Fsp3) is 0.0833. The van der Waals surface area contributed by atoms with Crippen LogP contribution in [0.2, 0.25) is 5.28 Å². The number of halogens is 1. The molecule has 2 aliphatic rings. The Morgan fingerprint density at radius 2 is 0.667 bits per heavy atom. The van der Waals surface area contributed by atoms with E-state index in [2.05, 4.69) is 103 Å². The minimum Gasteiger partial charge on any atom is -0.456 e. The van der Waals surface area contributed by atoms with Gasteiger partial charge in [0, 0.05) is 71.3 Å². The molecule has 2 N–H and O–H groups in total. The summed E-state index contributed by atoms with van der Waals surface area (Å²) < 4.78 is 12.8. The van der Waals surface area contributed by atoms with Crippen LogP contribution >= 0.6 is 11.6 Å². The van der Waals surface area contributed by atoms with E-state index in [-0.39, 0.29) is 16.1 Å². The third-order valence-corrected chi connectivity index (χ3v) is 16.4. The summed E-state index contributed by atoms with van der Waals surface area (Å²) >= 11 is 5.99. The molecule has 0 saturated carbocycles. The van der Waals surface area contributed by atoms with Crippen LogP contribution < -0.4 is 5.46 Å². The number of benzene rings is 10. The summed E-state index contributed by atoms with van der Waals surface area (Å²) in [6.45, 7) is 8.81. The van der Waals surface area contributed by atoms with Gasteiger partial charge in [-0.25, -0.2) is 19.9 Å². The monoisotopic (exact) mass is 1110 g/mol. The average Bonchev–Trinajstić information content (AvgIpc) is 1.94. The van der Waals surface area contributed by atoms with Gasteiger partial charge in [0.25, 0.3) is 0 Å². The van der Waals surface area contributed by atoms with Crippen molar-refractivity contribution in [3.8, 4) is 79.2 Å². The van der Waals surface area contributed by atoms with Gasteiger partial charge in [0.2, 0.25) is 5.28 Å². The van der Waals surface area contributed by atoms with Crippen molar-refractivity contribution < 1.29 is 18.9 Å². The maximum absolute atomic E-state index is 9.86. The molecule has 0 atom stereocenters. The molecule has 2 aliphatic carbocycles. The van der Waals surface area contributed by atoms with Crippen molar-refractivity contribution in [2.24, 2.45) is 0 Å². The van der Waals surface area contributed by atoms with E-state index in [0.717, 1.165) is 93.9 Å². The van der Waals surface area contributed by atoms with Crippen LogP contribution in [0.5, 0.6) is 0 Å². The van der Waals surface area contributed by atoms with E-state index in [0.29, 0.717) is 34.6 Å². The van der Waals surface area contributed by atoms with Gasteiger partial charge in [0.05, 0.1) is 0 Å². The zero-order chi connectivity index (χ0) is 57.3. The Morgan fingerprint density at radius 1 is 0.321 bits per heavy atom. The summed E-state index contributed by atoms with van der Waals surface area (Å²) in [5.41, 5.74) is 17.3. The van der Waals surface area contributed by atoms with E-state index in [1.54, 1.807) is 6.07 Å². The van der Waals surface area contributed by atoms with Crippen LogP contribution in [-0.4, -0.2) is 47.1 Å². The fourth-order valence-electron chi connectivity index (χ4n) is 12.6. The van der Waals surface area contributed by atoms with Crippen LogP contribution in [0.3, 0.4) is 0 Å². The molecule has 12 heteroatoms. The molecule has 84 heavy (non-hydrogen) atoms. The van der Waals surface area contributed by atoms with E-state index in [1.807, 2.05) is 164 Å². The quantitative estimate of drug-likeness (QED) is 0.154. The largest absolute Gasteiger partial charge is 0.488 e. The highest BCUT2D eigenvalue weighted by molar-refractivity contribution is 6.59. The van der Waals surface area contributed by atoms with E-state index in [9.17, 15) is 10.0 Å². The molecular formula is C72H52BClN6O4. The Balaban J connectivity index is 0.000000122. The summed E-state index contributed by atoms with van der Waals surface area (Å²) in [6.07, 6.45) is 0. The summed E-state index contributed by atoms with van der Waals surface area (Å²) in [7, 11) is -1.49. The first-order chi connectivity index (χ1) is 40.9. The van der Waals surface area contributed by atoms with Crippen LogP contribution in [0.25, 0.3) is 123 Å². The van der Waals surface area contributed by atoms with Crippen molar-refractivity contribution in [1.82, 2.24) is 29.9 Å². The Bertz CT molecular complexity index is 4720. The van der Waals surface area contributed by atoms with Crippen molar-refractivity contribution >= 4 is 68.1 Å². The van der Waals surface area contributed by atoms with E-state index in [4.69, 9.17) is 35.4 Å². The van der Waals surface area contributed by atoms with E-state index < -0.39 is 7.12 Å². The van der Waals surface area contributed by atoms with Gasteiger partial charge in [0.1, 0.15) is 22.3 Å². The molecule has 16 rings (SSSR count). The van der Waals surface area contributed by atoms with Gasteiger partial charge in [-0.05, 0) is 74.7 Å². The molecule has 0 bridgehead atoms. The molecule has 0 saturated heterocycles. The van der Waals surface area contributed by atoms with Gasteiger partial charge in [-0.3, -0.25) is 0 Å². The molecule has 0 aliphatic heterocycles. The van der Waals surface area contributed by atoms with Gasteiger partial charge in [0.15, 0.2) is 29.1 Å². The topological polar surface area (TPSA) is 144 Å². The van der Waals surface area contributed by atoms with Crippen LogP contribution in [0, 0.1) is 0 Å². The minimum absolute atomic E-state index is 0.202. The van der Waals surface area contributed by atoms with Gasteiger partial charge in [-0.2, -0.15) is 9.97 Å². The lowest BCUT2D eigenvalue weighted by Gasteiger charge is -2.24. The summed E-state index contributed by atoms with van der Waals surface area (Å²) in [6, 6.07) is 76.8. The summed E-state index contributed by atoms with van der Waals surface area (Å²) in [5.74, 6) is 3.16. The highest BCUT2D eigenvalue weighted by Gasteiger charge is 2.43. The van der Waals surface area contributed by atoms with Crippen LogP contribution in [-0.2, 0) is 10.8 Å². The van der Waals surface area contributed by atoms with Gasteiger partial charge in [-0.15, -0.1) is 0 Å². The molecule has 0 unspecified atom stereocenters. The van der Waals surface area contributed by atoms with Gasteiger partial charge < -0.3 is 18.9 Å². The standard InChI is InChI=1S/C36H25N3O.C21H17BO3.C15H10ClN3/c1-36(2)30-25(26-20-21-27-24-16-9-10-19-29(24)40-32(27)31(26)36)17-11-18-28(30)35-38-33(22-12-5-3-6-13-22)37-34(39-35)23-14-7-4-8-15-23;1-21(2)18-13(7-5-8-16(18)22(23)24)14-10-11-15-12-6-3-4-9-17(12)25-20(15)19(14)21;16-15-18-13(11-7-3-1-4-8-11)17-14(19-15)12-9-5-2-6-10-12/h3-21H,1-2H3;3-11,23-24H,1-2H3;1-10H. The van der Waals surface area contributed by atoms with Crippen LogP contribution in [0.4, 0.5) is 0 Å². The first-order valence-electron chi connectivity index (χ1n) is 27.9. The zero-order valence-corrected chi connectivity index (χ0v) is 47.0. The van der Waals surface area contributed by atoms with Gasteiger partial charge in [-0.1, -0.05) is 234 Å². The number of fused-ring (bicyclic) bond motifs is 14. The molecule has 0 radical (unpaired) electrons. The Morgan fingerprint density at radius 3 is 1.11 bits per heavy atom. The number of rotatable bonds is 6. The first-order valence-corrected chi connectivity index (χ1v) is 28.2. The number of para-hydroxylation sites is 2. The third kappa shape index (κ3) is 8.92. The Hall–Kier alpha value is -9.91. The predicted molar refractivity (Wildman–Crippen MR) is 338 cm³/mol. The molecular weight excluding hydrogens is 1060 g/mol. The Labute approximate surface area is 490 Å². The smallest absolute Gasteiger partial charge is 0.456 e. The summed E-state index contributed by atoms with van der Waals surface area (Å²) in [5, 5.41) is 24.4. The van der Waals surface area contributed by atoms with Gasteiger partial charge >= 0.3 is 7.12 Å². The van der Waals surface area contributed by atoms with E-state index >= 15 is 0 Å². The zero-order valence-electron chi connectivity index (χ0n) is 46.3. The average molecular weight is 1110 g/mol. The summed E-state index contributed by atoms with van der Waals surface area (Å²) in [4.78, 5) is 27.8. The molecule has 4 aromatic heterocycles. The second kappa shape index (κ2) is 20.8. The maximum atomic E-state index is 9.86. The lowest BCUT2D eigenvalue weighted by molar-refractivity contribution is 0.424. The van der Waals surface area contributed by atoms with Crippen molar-refractivity contribution in [2.45, 2.75) is 38.5 Å². The Kier molecular flexibility index (Phi) is 12.9. The molecule has 10 nitrogen and oxygen atoms in total. The van der Waals surface area contributed by atoms with Crippen molar-refractivity contribution in [3.63, 3.8) is 0 Å². The number of hydrogen-bond acceptors (Lipinski definition) is 10. The van der Waals surface area contributed by atoms with Crippen molar-refractivity contribution in [3.05, 3.63) is 258 Å². The molecule has 4 heterocycles. The highest BCUT2D eigenvalue weighted by atomic mass is 35.5. The van der Waals surface area contributed by atoms with Crippen LogP contribution in [0.15, 0.2) is 239 Å². The molecule has 0 spiro atoms. The first kappa shape index (κ1) is 52.2. The molecule has 14 aromatic rings. The van der Waals surface area contributed by atoms with E-state index in [1.165, 1.54) is 22.3 Å². The normalized spacial score (nSPS) is 13.1. The third-order valence-electron chi connectivity index (χ3n) is 16.2. The lowest BCUT2D eigenvalue weighted by atomic mass is 9.69. The highest BCUT2D eigenvalue weighted by Crippen LogP contribution is 2.56. The molecule has 10 aromatic carbocycles. The molecule has 404 valence electrons.